The molecule has 4 rings (SSSR count). The summed E-state index contributed by atoms with van der Waals surface area (Å²) in [6.45, 7) is 19.0. The van der Waals surface area contributed by atoms with Crippen molar-refractivity contribution in [2.24, 2.45) is 5.73 Å². The quantitative estimate of drug-likeness (QED) is 0.0558. The molecular weight excluding hydrogens is 667 g/mol. The van der Waals surface area contributed by atoms with E-state index in [4.69, 9.17) is 54.1 Å². The molecule has 0 radical (unpaired) electrons. The first-order valence-corrected chi connectivity index (χ1v) is 15.3. The molecule has 0 fully saturated rings. The number of pyridine rings is 2. The Bertz CT molecular complexity index is 1320. The smallest absolute Gasteiger partial charge is 0.384 e. The van der Waals surface area contributed by atoms with E-state index in [1.165, 1.54) is 4.91 Å². The molecule has 4 aromatic heterocycles. The Labute approximate surface area is 315 Å². The summed E-state index contributed by atoms with van der Waals surface area (Å²) in [5, 5.41) is 22.5. The number of halogens is 1. The topological polar surface area (TPSA) is 277 Å². The fraction of sp³-hybridized carbons (Fsp3) is 0.571. The number of tetrazole rings is 2. The Hall–Kier alpha value is -3.52. The Morgan fingerprint density at radius 3 is 1.61 bits per heavy atom. The Morgan fingerprint density at radius 2 is 1.29 bits per heavy atom. The van der Waals surface area contributed by atoms with E-state index in [1.54, 1.807) is 40.0 Å². The molecule has 0 unspecified atom stereocenters. The standard InChI is InChI=1S/C9H12N6.C7H16O3.C5H5ClN2.C4H8N4.C3H9N.N3.Na/c1-6(2)15-9(12-13-14-15)7-4-3-5-8(10)11-7;1-4-8-7(9-5-2)10-6-3;6-4-2-1-3-5(7)8-4;1-4(2)8-3-5-6-7-8;1-3(2)4;1-3-2;/h3-6H,1-2H3,(H2,10,11);7H,4-6H2,1-3H3;1-3H,(H2,7,8);3-4H,1-2H3;3H,4H2,1-2H3;;/q;;;;;-1;+1. The van der Waals surface area contributed by atoms with Crippen molar-refractivity contribution >= 4 is 23.2 Å². The van der Waals surface area contributed by atoms with Crippen molar-refractivity contribution in [1.82, 2.24) is 50.4 Å². The van der Waals surface area contributed by atoms with Gasteiger partial charge in [-0.2, -0.15) is 0 Å². The van der Waals surface area contributed by atoms with Gasteiger partial charge in [-0.15, -0.1) is 10.2 Å². The third-order valence-corrected chi connectivity index (χ3v) is 4.73. The predicted octanol–water partition coefficient (Wildman–Crippen LogP) is 2.07. The van der Waals surface area contributed by atoms with Gasteiger partial charge < -0.3 is 42.5 Å². The van der Waals surface area contributed by atoms with Crippen LogP contribution in [-0.2, 0) is 14.2 Å². The van der Waals surface area contributed by atoms with E-state index in [0.717, 1.165) is 0 Å². The van der Waals surface area contributed by atoms with Gasteiger partial charge in [0, 0.05) is 25.9 Å². The number of nitrogens with two attached hydrogens (primary N) is 3. The first kappa shape index (κ1) is 49.9. The minimum Gasteiger partial charge on any atom is -0.384 e. The fourth-order valence-electron chi connectivity index (χ4n) is 2.67. The van der Waals surface area contributed by atoms with E-state index in [1.807, 2.05) is 74.4 Å². The van der Waals surface area contributed by atoms with Gasteiger partial charge >= 0.3 is 29.6 Å². The first-order valence-electron chi connectivity index (χ1n) is 15.0. The molecular formula is C28H50ClN16NaO3. The summed E-state index contributed by atoms with van der Waals surface area (Å²) < 4.78 is 18.6. The molecule has 0 atom stereocenters. The van der Waals surface area contributed by atoms with Crippen LogP contribution >= 0.6 is 11.6 Å². The van der Waals surface area contributed by atoms with Gasteiger partial charge in [0.2, 0.25) is 5.82 Å². The molecule has 0 bridgehead atoms. The van der Waals surface area contributed by atoms with Crippen molar-refractivity contribution in [3.8, 4) is 11.5 Å². The maximum absolute atomic E-state index is 6.75. The van der Waals surface area contributed by atoms with Gasteiger partial charge in [-0.25, -0.2) is 19.3 Å². The average Bonchev–Trinajstić information content (AvgIpc) is 3.72. The number of hydrogen-bond donors (Lipinski definition) is 3. The Balaban J connectivity index is -0.000000553. The fourth-order valence-corrected chi connectivity index (χ4v) is 2.84. The average molecular weight is 717 g/mol. The van der Waals surface area contributed by atoms with Crippen molar-refractivity contribution in [3.05, 3.63) is 63.9 Å². The van der Waals surface area contributed by atoms with Gasteiger partial charge in [-0.1, -0.05) is 37.6 Å². The molecule has 4 heterocycles. The number of anilines is 2. The van der Waals surface area contributed by atoms with Gasteiger partial charge in [0.25, 0.3) is 6.48 Å². The number of ether oxygens (including phenoxy) is 3. The van der Waals surface area contributed by atoms with Crippen LogP contribution < -0.4 is 46.8 Å². The molecule has 268 valence electrons. The summed E-state index contributed by atoms with van der Waals surface area (Å²) in [5.74, 6) is 1.56. The van der Waals surface area contributed by atoms with Gasteiger partial charge in [0.15, 0.2) is 0 Å². The molecule has 0 saturated carbocycles. The van der Waals surface area contributed by atoms with Crippen LogP contribution in [0.15, 0.2) is 42.7 Å². The summed E-state index contributed by atoms with van der Waals surface area (Å²) in [6, 6.07) is 11.4. The monoisotopic (exact) mass is 716 g/mol. The molecule has 0 amide bonds. The second-order valence-electron chi connectivity index (χ2n) is 9.75. The summed E-state index contributed by atoms with van der Waals surface area (Å²) >= 11 is 5.45. The van der Waals surface area contributed by atoms with E-state index < -0.39 is 6.48 Å². The van der Waals surface area contributed by atoms with Crippen LogP contribution in [0.5, 0.6) is 0 Å². The van der Waals surface area contributed by atoms with Crippen LogP contribution in [0.2, 0.25) is 5.15 Å². The number of nitrogen functional groups attached to an aromatic ring is 2. The number of nitrogens with zero attached hydrogens (tertiary/aromatic N) is 13. The second kappa shape index (κ2) is 31.7. The SMILES string of the molecule is CC(C)N.CC(C)n1cnnn1.CC(C)n1nnnc1-c1cccc(N)n1.CCOC(OCC)OCC.Nc1cccc(Cl)n1.[N-]=[N+]=[N-].[Na+]. The molecule has 0 saturated heterocycles. The molecule has 4 aromatic rings. The minimum absolute atomic E-state index is 0. The van der Waals surface area contributed by atoms with Gasteiger partial charge in [0.1, 0.15) is 28.8 Å². The van der Waals surface area contributed by atoms with Crippen molar-refractivity contribution < 1.29 is 43.8 Å². The van der Waals surface area contributed by atoms with Crippen LogP contribution in [0.4, 0.5) is 11.6 Å². The van der Waals surface area contributed by atoms with Crippen molar-refractivity contribution in [1.29, 1.82) is 0 Å². The molecule has 19 nitrogen and oxygen atoms in total. The predicted molar refractivity (Wildman–Crippen MR) is 186 cm³/mol. The van der Waals surface area contributed by atoms with Crippen LogP contribution in [0.25, 0.3) is 27.5 Å². The molecule has 21 heteroatoms. The first-order chi connectivity index (χ1) is 22.8. The van der Waals surface area contributed by atoms with Crippen LogP contribution in [-0.4, -0.2) is 82.7 Å². The number of aromatic nitrogens is 10. The maximum Gasteiger partial charge on any atom is 1.00 e. The van der Waals surface area contributed by atoms with E-state index in [0.29, 0.717) is 60.2 Å². The number of hydrogen-bond acceptors (Lipinski definition) is 14. The van der Waals surface area contributed by atoms with Crippen LogP contribution in [0.1, 0.15) is 74.4 Å². The zero-order valence-electron chi connectivity index (χ0n) is 30.1. The summed E-state index contributed by atoms with van der Waals surface area (Å²) in [4.78, 5) is 9.39. The van der Waals surface area contributed by atoms with Gasteiger partial charge in [0.05, 0.1) is 6.04 Å². The molecule has 0 aromatic carbocycles. The molecule has 0 aliphatic rings. The number of rotatable bonds is 9. The normalized spacial score (nSPS) is 9.61. The molecule has 0 aliphatic heterocycles. The van der Waals surface area contributed by atoms with Crippen molar-refractivity contribution in [2.75, 3.05) is 31.3 Å². The Morgan fingerprint density at radius 1 is 0.796 bits per heavy atom. The zero-order valence-corrected chi connectivity index (χ0v) is 32.9. The summed E-state index contributed by atoms with van der Waals surface area (Å²) in [5.41, 5.74) is 30.2. The Kier molecular flexibility index (Phi) is 32.3. The largest absolute Gasteiger partial charge is 1.00 e. The van der Waals surface area contributed by atoms with E-state index in [-0.39, 0.29) is 35.6 Å². The second-order valence-corrected chi connectivity index (χ2v) is 10.1. The zero-order chi connectivity index (χ0) is 36.9. The van der Waals surface area contributed by atoms with Crippen molar-refractivity contribution in [2.45, 2.75) is 86.9 Å². The van der Waals surface area contributed by atoms with Crippen molar-refractivity contribution in [3.63, 3.8) is 0 Å². The molecule has 6 N–H and O–H groups in total. The molecule has 0 spiro atoms. The van der Waals surface area contributed by atoms with Gasteiger partial charge in [-0.05, 0) is 99.6 Å². The summed E-state index contributed by atoms with van der Waals surface area (Å²) in [6.07, 6.45) is 1.60. The minimum atomic E-state index is -0.472. The van der Waals surface area contributed by atoms with E-state index in [2.05, 4.69) is 41.0 Å². The van der Waals surface area contributed by atoms with E-state index in [9.17, 15) is 0 Å². The molecule has 49 heavy (non-hydrogen) atoms. The maximum atomic E-state index is 6.75. The third-order valence-electron chi connectivity index (χ3n) is 4.52. The third kappa shape index (κ3) is 27.0. The van der Waals surface area contributed by atoms with Gasteiger partial charge in [-0.3, -0.25) is 4.91 Å². The van der Waals surface area contributed by atoms with Crippen LogP contribution in [0, 0.1) is 0 Å². The van der Waals surface area contributed by atoms with Crippen LogP contribution in [0.3, 0.4) is 0 Å². The van der Waals surface area contributed by atoms with E-state index >= 15 is 0 Å². The molecule has 0 aliphatic carbocycles. The summed E-state index contributed by atoms with van der Waals surface area (Å²) in [7, 11) is 0.